The Hall–Kier alpha value is -1.06. The van der Waals surface area contributed by atoms with E-state index in [4.69, 9.17) is 16.3 Å². The van der Waals surface area contributed by atoms with Gasteiger partial charge in [-0.3, -0.25) is 4.79 Å². The number of halogens is 1. The third-order valence-corrected chi connectivity index (χ3v) is 2.64. The summed E-state index contributed by atoms with van der Waals surface area (Å²) in [5, 5.41) is 3.57. The number of ether oxygens (including phenoxy) is 1. The molecule has 0 bridgehead atoms. The quantitative estimate of drug-likeness (QED) is 0.910. The molecule has 1 rings (SSSR count). The molecule has 0 unspecified atom stereocenters. The van der Waals surface area contributed by atoms with Gasteiger partial charge >= 0.3 is 0 Å². The first kappa shape index (κ1) is 15.0. The van der Waals surface area contributed by atoms with Crippen molar-refractivity contribution in [1.82, 2.24) is 5.32 Å². The Morgan fingerprint density at radius 2 is 1.89 bits per heavy atom. The maximum absolute atomic E-state index is 11.7. The van der Waals surface area contributed by atoms with Gasteiger partial charge in [-0.2, -0.15) is 0 Å². The van der Waals surface area contributed by atoms with E-state index in [1.807, 2.05) is 52.0 Å². The fraction of sp³-hybridized carbons (Fsp3) is 0.500. The highest BCUT2D eigenvalue weighted by atomic mass is 35.5. The summed E-state index contributed by atoms with van der Waals surface area (Å²) in [6, 6.07) is 7.37. The largest absolute Gasteiger partial charge is 0.366 e. The highest BCUT2D eigenvalue weighted by molar-refractivity contribution is 6.30. The first-order valence-corrected chi connectivity index (χ1v) is 6.34. The van der Waals surface area contributed by atoms with Gasteiger partial charge in [-0.25, -0.2) is 0 Å². The monoisotopic (exact) mass is 269 g/mol. The molecule has 1 atom stereocenters. The van der Waals surface area contributed by atoms with E-state index in [2.05, 4.69) is 5.32 Å². The Morgan fingerprint density at radius 1 is 1.33 bits per heavy atom. The van der Waals surface area contributed by atoms with Crippen molar-refractivity contribution in [3.8, 4) is 0 Å². The molecule has 1 N–H and O–H groups in total. The maximum atomic E-state index is 11.7. The van der Waals surface area contributed by atoms with Crippen LogP contribution in [0.5, 0.6) is 0 Å². The maximum Gasteiger partial charge on any atom is 0.246 e. The van der Waals surface area contributed by atoms with E-state index in [1.165, 1.54) is 0 Å². The number of nitrogens with one attached hydrogen (secondary N) is 1. The SMILES string of the molecule is C[C@H](NC(=O)COC(C)(C)C)c1ccc(Cl)cc1. The molecular weight excluding hydrogens is 250 g/mol. The van der Waals surface area contributed by atoms with Crippen molar-refractivity contribution in [2.45, 2.75) is 39.3 Å². The van der Waals surface area contributed by atoms with Crippen molar-refractivity contribution < 1.29 is 9.53 Å². The lowest BCUT2D eigenvalue weighted by Crippen LogP contribution is -2.33. The molecule has 1 aromatic rings. The van der Waals surface area contributed by atoms with Crippen LogP contribution in [0, 0.1) is 0 Å². The summed E-state index contributed by atoms with van der Waals surface area (Å²) in [6.07, 6.45) is 0. The van der Waals surface area contributed by atoms with E-state index in [9.17, 15) is 4.79 Å². The molecule has 1 amide bonds. The van der Waals surface area contributed by atoms with Crippen LogP contribution in [0.25, 0.3) is 0 Å². The van der Waals surface area contributed by atoms with Gasteiger partial charge in [-0.1, -0.05) is 23.7 Å². The number of hydrogen-bond acceptors (Lipinski definition) is 2. The summed E-state index contributed by atoms with van der Waals surface area (Å²) in [4.78, 5) is 11.7. The van der Waals surface area contributed by atoms with Crippen LogP contribution in [0.1, 0.15) is 39.3 Å². The van der Waals surface area contributed by atoms with Gasteiger partial charge in [0.2, 0.25) is 5.91 Å². The van der Waals surface area contributed by atoms with Crippen LogP contribution in [-0.2, 0) is 9.53 Å². The van der Waals surface area contributed by atoms with Gasteiger partial charge in [-0.05, 0) is 45.4 Å². The van der Waals surface area contributed by atoms with Crippen LogP contribution in [0.4, 0.5) is 0 Å². The number of amides is 1. The molecule has 0 aliphatic carbocycles. The number of benzene rings is 1. The average Bonchev–Trinajstić information content (AvgIpc) is 2.26. The fourth-order valence-corrected chi connectivity index (χ4v) is 1.53. The third-order valence-electron chi connectivity index (χ3n) is 2.38. The minimum absolute atomic E-state index is 0.0571. The Balaban J connectivity index is 2.47. The predicted octanol–water partition coefficient (Wildman–Crippen LogP) is 3.33. The zero-order valence-electron chi connectivity index (χ0n) is 11.3. The minimum atomic E-state index is -0.305. The number of hydrogen-bond donors (Lipinski definition) is 1. The smallest absolute Gasteiger partial charge is 0.246 e. The zero-order chi connectivity index (χ0) is 13.8. The van der Waals surface area contributed by atoms with E-state index >= 15 is 0 Å². The summed E-state index contributed by atoms with van der Waals surface area (Å²) in [5.41, 5.74) is 0.712. The van der Waals surface area contributed by atoms with Crippen molar-refractivity contribution in [3.05, 3.63) is 34.9 Å². The molecule has 18 heavy (non-hydrogen) atoms. The van der Waals surface area contributed by atoms with Gasteiger partial charge in [0.05, 0.1) is 11.6 Å². The molecule has 0 aliphatic heterocycles. The Kier molecular flexibility index (Phi) is 5.17. The van der Waals surface area contributed by atoms with Crippen LogP contribution in [-0.4, -0.2) is 18.1 Å². The molecule has 0 spiro atoms. The Bertz CT molecular complexity index is 395. The number of carbonyl (C=O) groups excluding carboxylic acids is 1. The van der Waals surface area contributed by atoms with E-state index in [0.29, 0.717) is 5.02 Å². The summed E-state index contributed by atoms with van der Waals surface area (Å²) in [5.74, 6) is -0.118. The molecule has 0 aromatic heterocycles. The Morgan fingerprint density at radius 3 is 2.39 bits per heavy atom. The van der Waals surface area contributed by atoms with Crippen LogP contribution >= 0.6 is 11.6 Å². The summed E-state index contributed by atoms with van der Waals surface area (Å²) >= 11 is 5.81. The third kappa shape index (κ3) is 5.52. The lowest BCUT2D eigenvalue weighted by molar-refractivity contribution is -0.131. The second kappa shape index (κ2) is 6.21. The second-order valence-corrected chi connectivity index (χ2v) is 5.68. The highest BCUT2D eigenvalue weighted by Crippen LogP contribution is 2.16. The second-order valence-electron chi connectivity index (χ2n) is 5.24. The molecule has 0 saturated heterocycles. The topological polar surface area (TPSA) is 38.3 Å². The summed E-state index contributed by atoms with van der Waals surface area (Å²) in [6.45, 7) is 7.76. The van der Waals surface area contributed by atoms with Gasteiger partial charge in [0.1, 0.15) is 6.61 Å². The lowest BCUT2D eigenvalue weighted by Gasteiger charge is -2.20. The fourth-order valence-electron chi connectivity index (χ4n) is 1.40. The van der Waals surface area contributed by atoms with Gasteiger partial charge < -0.3 is 10.1 Å². The van der Waals surface area contributed by atoms with E-state index in [0.717, 1.165) is 5.56 Å². The van der Waals surface area contributed by atoms with Crippen LogP contribution in [0.15, 0.2) is 24.3 Å². The first-order valence-electron chi connectivity index (χ1n) is 5.97. The predicted molar refractivity (Wildman–Crippen MR) is 73.7 cm³/mol. The van der Waals surface area contributed by atoms with E-state index < -0.39 is 0 Å². The van der Waals surface area contributed by atoms with Gasteiger partial charge in [0.25, 0.3) is 0 Å². The van der Waals surface area contributed by atoms with Gasteiger partial charge in [0, 0.05) is 5.02 Å². The molecule has 0 saturated carbocycles. The van der Waals surface area contributed by atoms with Crippen molar-refractivity contribution >= 4 is 17.5 Å². The molecular formula is C14H20ClNO2. The van der Waals surface area contributed by atoms with Crippen molar-refractivity contribution in [2.75, 3.05) is 6.61 Å². The van der Waals surface area contributed by atoms with E-state index in [1.54, 1.807) is 0 Å². The van der Waals surface area contributed by atoms with Crippen LogP contribution < -0.4 is 5.32 Å². The van der Waals surface area contributed by atoms with E-state index in [-0.39, 0.29) is 24.2 Å². The average molecular weight is 270 g/mol. The van der Waals surface area contributed by atoms with Crippen LogP contribution in [0.2, 0.25) is 5.02 Å². The number of carbonyl (C=O) groups is 1. The van der Waals surface area contributed by atoms with Crippen LogP contribution in [0.3, 0.4) is 0 Å². The summed E-state index contributed by atoms with van der Waals surface area (Å²) in [7, 11) is 0. The molecule has 1 aromatic carbocycles. The minimum Gasteiger partial charge on any atom is -0.366 e. The number of rotatable bonds is 4. The molecule has 0 fully saturated rings. The molecule has 0 radical (unpaired) electrons. The first-order chi connectivity index (χ1) is 8.28. The zero-order valence-corrected chi connectivity index (χ0v) is 12.0. The van der Waals surface area contributed by atoms with Crippen molar-refractivity contribution in [1.29, 1.82) is 0 Å². The Labute approximate surface area is 113 Å². The normalized spacial score (nSPS) is 13.2. The molecule has 0 aliphatic rings. The van der Waals surface area contributed by atoms with Crippen molar-refractivity contribution in [2.24, 2.45) is 0 Å². The lowest BCUT2D eigenvalue weighted by atomic mass is 10.1. The molecule has 3 nitrogen and oxygen atoms in total. The molecule has 0 heterocycles. The summed E-state index contributed by atoms with van der Waals surface area (Å²) < 4.78 is 5.41. The molecule has 100 valence electrons. The highest BCUT2D eigenvalue weighted by Gasteiger charge is 2.14. The van der Waals surface area contributed by atoms with Gasteiger partial charge in [-0.15, -0.1) is 0 Å². The van der Waals surface area contributed by atoms with Crippen molar-refractivity contribution in [3.63, 3.8) is 0 Å². The van der Waals surface area contributed by atoms with Gasteiger partial charge in [0.15, 0.2) is 0 Å². The standard InChI is InChI=1S/C14H20ClNO2/c1-10(11-5-7-12(15)8-6-11)16-13(17)9-18-14(2,3)4/h5-8,10H,9H2,1-4H3,(H,16,17)/t10-/m0/s1. The molecule has 4 heteroatoms.